The lowest BCUT2D eigenvalue weighted by Gasteiger charge is -2.27. The third-order valence-electron chi connectivity index (χ3n) is 10.2. The molecule has 1 aliphatic rings. The van der Waals surface area contributed by atoms with Crippen LogP contribution in [0.2, 0.25) is 0 Å². The number of imidazole rings is 1. The molecule has 2 amide bonds. The molecule has 3 aromatic rings. The van der Waals surface area contributed by atoms with Crippen LogP contribution in [-0.2, 0) is 36.9 Å². The van der Waals surface area contributed by atoms with Gasteiger partial charge in [0.05, 0.1) is 23.6 Å². The van der Waals surface area contributed by atoms with Crippen LogP contribution in [0, 0.1) is 11.8 Å². The van der Waals surface area contributed by atoms with Gasteiger partial charge in [-0.1, -0.05) is 38.0 Å². The second kappa shape index (κ2) is 20.0. The number of pyridine rings is 1. The van der Waals surface area contributed by atoms with Crippen LogP contribution in [0.5, 0.6) is 0 Å². The summed E-state index contributed by atoms with van der Waals surface area (Å²) >= 11 is 0. The number of nitrogen functional groups attached to an aromatic ring is 1. The summed E-state index contributed by atoms with van der Waals surface area (Å²) in [5.41, 5.74) is 8.93. The van der Waals surface area contributed by atoms with E-state index < -0.39 is 0 Å². The largest absolute Gasteiger partial charge is 0.382 e. The van der Waals surface area contributed by atoms with Crippen LogP contribution in [0.4, 0.5) is 5.82 Å². The van der Waals surface area contributed by atoms with E-state index >= 15 is 0 Å². The number of fused-ring (bicyclic) bond motifs is 3. The summed E-state index contributed by atoms with van der Waals surface area (Å²) in [6.07, 6.45) is 9.94. The molecule has 1 fully saturated rings. The molecule has 0 radical (unpaired) electrons. The number of nitrogens with zero attached hydrogens (tertiary/aromatic N) is 3. The van der Waals surface area contributed by atoms with Gasteiger partial charge in [0.25, 0.3) is 0 Å². The first-order chi connectivity index (χ1) is 24.6. The quantitative estimate of drug-likeness (QED) is 0.105. The number of aryl methyl sites for hydroxylation is 2. The lowest BCUT2D eigenvalue weighted by molar-refractivity contribution is -0.130. The second-order valence-electron chi connectivity index (χ2n) is 14.0. The van der Waals surface area contributed by atoms with Gasteiger partial charge >= 0.3 is 0 Å². The molecule has 0 bridgehead atoms. The van der Waals surface area contributed by atoms with Gasteiger partial charge < -0.3 is 26.3 Å². The number of hydrogen-bond donors (Lipinski definition) is 4. The van der Waals surface area contributed by atoms with Crippen LogP contribution in [0.1, 0.15) is 110 Å². The average molecular weight is 704 g/mol. The summed E-state index contributed by atoms with van der Waals surface area (Å²) in [6, 6.07) is 7.86. The van der Waals surface area contributed by atoms with Crippen LogP contribution in [0.3, 0.4) is 0 Å². The number of nitrogens with two attached hydrogens (primary N) is 1. The van der Waals surface area contributed by atoms with E-state index in [2.05, 4.69) is 38.5 Å². The van der Waals surface area contributed by atoms with Gasteiger partial charge in [-0.05, 0) is 77.8 Å². The molecular formula is C39H57N7O5. The van der Waals surface area contributed by atoms with E-state index in [4.69, 9.17) is 10.7 Å². The molecule has 2 aromatic heterocycles. The van der Waals surface area contributed by atoms with Crippen LogP contribution >= 0.6 is 0 Å². The number of ketones is 3. The average Bonchev–Trinajstić information content (AvgIpc) is 3.49. The number of nitrogens with one attached hydrogen (secondary N) is 3. The van der Waals surface area contributed by atoms with Crippen molar-refractivity contribution < 1.29 is 24.0 Å². The number of Topliss-reactive ketones (excluding diaryl/α,β-unsaturated/α-hetero) is 3. The van der Waals surface area contributed by atoms with Crippen LogP contribution in [0.25, 0.3) is 21.9 Å². The maximum atomic E-state index is 12.9. The minimum absolute atomic E-state index is 0.0236. The standard InChI is InChI=1S/C39H57N7O5/c1-4-12-34-45-36-37(30-14-8-9-16-32(30)44-38(36)40)46(34)24-11-10-23-42-39(51)28-19-17-27(18-20-28)33(49)21-22-35(50)43-25-29(48)13-6-5-7-15-31(41-3)26(2)47/h8-9,14,16,27-28,31,41H,4-7,10-13,15,17-25H2,1-3H3,(H2,40,44)(H,42,51)(H,43,50). The summed E-state index contributed by atoms with van der Waals surface area (Å²) in [5, 5.41) is 9.80. The summed E-state index contributed by atoms with van der Waals surface area (Å²) in [7, 11) is 1.77. The first-order valence-corrected chi connectivity index (χ1v) is 18.9. The van der Waals surface area contributed by atoms with Crippen molar-refractivity contribution in [3.63, 3.8) is 0 Å². The van der Waals surface area contributed by atoms with Gasteiger partial charge in [-0.3, -0.25) is 24.0 Å². The Morgan fingerprint density at radius 1 is 0.902 bits per heavy atom. The minimum Gasteiger partial charge on any atom is -0.382 e. The van der Waals surface area contributed by atoms with Gasteiger partial charge in [-0.15, -0.1) is 0 Å². The van der Waals surface area contributed by atoms with E-state index in [1.807, 2.05) is 18.2 Å². The molecule has 1 atom stereocenters. The fraction of sp³-hybridized carbons (Fsp3) is 0.615. The highest BCUT2D eigenvalue weighted by atomic mass is 16.2. The predicted octanol–water partition coefficient (Wildman–Crippen LogP) is 4.98. The highest BCUT2D eigenvalue weighted by Crippen LogP contribution is 2.31. The van der Waals surface area contributed by atoms with Crippen molar-refractivity contribution >= 4 is 56.9 Å². The van der Waals surface area contributed by atoms with Crippen molar-refractivity contribution in [1.82, 2.24) is 30.5 Å². The summed E-state index contributed by atoms with van der Waals surface area (Å²) in [4.78, 5) is 71.1. The zero-order valence-corrected chi connectivity index (χ0v) is 30.7. The Bertz CT molecular complexity index is 1660. The van der Waals surface area contributed by atoms with E-state index in [0.717, 1.165) is 85.7 Å². The van der Waals surface area contributed by atoms with Gasteiger partial charge in [0.2, 0.25) is 11.8 Å². The Morgan fingerprint density at radius 3 is 2.37 bits per heavy atom. The fourth-order valence-electron chi connectivity index (χ4n) is 7.20. The van der Waals surface area contributed by atoms with Gasteiger partial charge in [0.1, 0.15) is 22.9 Å². The number of carbonyl (C=O) groups excluding carboxylic acids is 5. The van der Waals surface area contributed by atoms with Gasteiger partial charge in [0.15, 0.2) is 11.6 Å². The van der Waals surface area contributed by atoms with E-state index in [0.29, 0.717) is 44.5 Å². The van der Waals surface area contributed by atoms with Crippen molar-refractivity contribution in [1.29, 1.82) is 0 Å². The Kier molecular flexibility index (Phi) is 15.5. The number of hydrogen-bond acceptors (Lipinski definition) is 9. The van der Waals surface area contributed by atoms with Crippen LogP contribution in [0.15, 0.2) is 24.3 Å². The van der Waals surface area contributed by atoms with Gasteiger partial charge in [0, 0.05) is 56.0 Å². The molecular weight excluding hydrogens is 646 g/mol. The molecule has 1 saturated carbocycles. The minimum atomic E-state index is -0.291. The molecule has 1 unspecified atom stereocenters. The molecule has 1 aromatic carbocycles. The number of anilines is 1. The Balaban J connectivity index is 1.10. The van der Waals surface area contributed by atoms with Gasteiger partial charge in [-0.2, -0.15) is 0 Å². The zero-order valence-electron chi connectivity index (χ0n) is 30.7. The number of aromatic nitrogens is 3. The van der Waals surface area contributed by atoms with Crippen LogP contribution in [-0.4, -0.2) is 69.9 Å². The predicted molar refractivity (Wildman–Crippen MR) is 200 cm³/mol. The molecule has 0 spiro atoms. The maximum absolute atomic E-state index is 12.9. The van der Waals surface area contributed by atoms with E-state index in [-0.39, 0.29) is 66.4 Å². The first kappa shape index (κ1) is 39.6. The zero-order chi connectivity index (χ0) is 36.8. The number of carbonyl (C=O) groups is 5. The van der Waals surface area contributed by atoms with Gasteiger partial charge in [-0.25, -0.2) is 9.97 Å². The fourth-order valence-corrected chi connectivity index (χ4v) is 7.20. The first-order valence-electron chi connectivity index (χ1n) is 18.9. The van der Waals surface area contributed by atoms with E-state index in [1.165, 1.54) is 0 Å². The third-order valence-corrected chi connectivity index (χ3v) is 10.2. The molecule has 1 aliphatic carbocycles. The smallest absolute Gasteiger partial charge is 0.223 e. The number of rotatable bonds is 22. The second-order valence-corrected chi connectivity index (χ2v) is 14.0. The lowest BCUT2D eigenvalue weighted by Crippen LogP contribution is -2.35. The highest BCUT2D eigenvalue weighted by Gasteiger charge is 2.30. The van der Waals surface area contributed by atoms with Crippen molar-refractivity contribution in [2.45, 2.75) is 123 Å². The Morgan fingerprint density at radius 2 is 1.65 bits per heavy atom. The number of unbranched alkanes of at least 4 members (excludes halogenated alkanes) is 3. The molecule has 4 rings (SSSR count). The number of likely N-dealkylation sites (N-methyl/N-ethyl adjacent to an activating group) is 1. The molecule has 12 nitrogen and oxygen atoms in total. The maximum Gasteiger partial charge on any atom is 0.223 e. The molecule has 278 valence electrons. The van der Waals surface area contributed by atoms with E-state index in [1.54, 1.807) is 14.0 Å². The highest BCUT2D eigenvalue weighted by molar-refractivity contribution is 6.06. The number of amides is 2. The third kappa shape index (κ3) is 11.4. The van der Waals surface area contributed by atoms with E-state index in [9.17, 15) is 24.0 Å². The van der Waals surface area contributed by atoms with Crippen LogP contribution < -0.4 is 21.7 Å². The number of benzene rings is 1. The topological polar surface area (TPSA) is 178 Å². The molecule has 0 aliphatic heterocycles. The van der Waals surface area contributed by atoms with Crippen molar-refractivity contribution in [2.24, 2.45) is 11.8 Å². The number of para-hydroxylation sites is 1. The van der Waals surface area contributed by atoms with Crippen molar-refractivity contribution in [3.8, 4) is 0 Å². The lowest BCUT2D eigenvalue weighted by atomic mass is 9.79. The van der Waals surface area contributed by atoms with Crippen molar-refractivity contribution in [2.75, 3.05) is 25.9 Å². The molecule has 51 heavy (non-hydrogen) atoms. The molecule has 2 heterocycles. The monoisotopic (exact) mass is 703 g/mol. The Labute approximate surface area is 301 Å². The summed E-state index contributed by atoms with van der Waals surface area (Å²) < 4.78 is 2.27. The normalized spacial score (nSPS) is 16.6. The summed E-state index contributed by atoms with van der Waals surface area (Å²) in [5.74, 6) is 1.12. The molecule has 5 N–H and O–H groups in total. The van der Waals surface area contributed by atoms with Crippen molar-refractivity contribution in [3.05, 3.63) is 30.1 Å². The molecule has 0 saturated heterocycles. The Hall–Kier alpha value is -4.19. The molecule has 12 heteroatoms. The summed E-state index contributed by atoms with van der Waals surface area (Å²) in [6.45, 7) is 5.05. The SMILES string of the molecule is CCCc1nc2c(N)nc3ccccc3c2n1CCCCNC(=O)C1CCC(C(=O)CCC(=O)NCC(=O)CCCCCC(NC)C(C)=O)CC1.